The summed E-state index contributed by atoms with van der Waals surface area (Å²) < 4.78 is 6.15. The first-order valence-corrected chi connectivity index (χ1v) is 10.9. The number of nitrogens with zero attached hydrogens (tertiary/aromatic N) is 2. The minimum absolute atomic E-state index is 0.0436. The summed E-state index contributed by atoms with van der Waals surface area (Å²) in [6, 6.07) is 8.72. The van der Waals surface area contributed by atoms with Gasteiger partial charge in [0, 0.05) is 49.4 Å². The number of benzene rings is 1. The van der Waals surface area contributed by atoms with Crippen LogP contribution in [0.5, 0.6) is 5.75 Å². The minimum Gasteiger partial charge on any atom is -0.497 e. The summed E-state index contributed by atoms with van der Waals surface area (Å²) in [4.78, 5) is 7.14. The summed E-state index contributed by atoms with van der Waals surface area (Å²) in [6.45, 7) is 3.27. The number of nitrogens with two attached hydrogens (primary N) is 1. The smallest absolute Gasteiger partial charge is 0.134 e. The van der Waals surface area contributed by atoms with Crippen molar-refractivity contribution in [3.05, 3.63) is 51.1 Å². The Hall–Kier alpha value is -1.34. The zero-order valence-electron chi connectivity index (χ0n) is 16.0. The van der Waals surface area contributed by atoms with Crippen molar-refractivity contribution in [2.45, 2.75) is 37.3 Å². The zero-order chi connectivity index (χ0) is 19.7. The summed E-state index contributed by atoms with van der Waals surface area (Å²) in [5.41, 5.74) is 8.17. The fourth-order valence-electron chi connectivity index (χ4n) is 4.73. The second kappa shape index (κ2) is 8.19. The Bertz CT molecular complexity index is 847. The average Bonchev–Trinajstić information content (AvgIpc) is 3.25. The molecule has 2 aliphatic rings. The van der Waals surface area contributed by atoms with Crippen LogP contribution in [0.2, 0.25) is 5.02 Å². The molecule has 150 valence electrons. The number of halogens is 2. The van der Waals surface area contributed by atoms with Gasteiger partial charge in [0.15, 0.2) is 0 Å². The van der Waals surface area contributed by atoms with E-state index < -0.39 is 0 Å². The van der Waals surface area contributed by atoms with E-state index >= 15 is 0 Å². The number of fused-ring (bicyclic) bond motifs is 2. The molecule has 2 aromatic rings. The number of pyridine rings is 1. The molecule has 0 radical (unpaired) electrons. The SMILES string of the molecule is COc1ccc(CN2C[C@@]3(CC[C@H](NCCN)C3)c3c2ncc(Br)c3Cl)cc1. The molecular formula is C21H26BrClN4O. The van der Waals surface area contributed by atoms with E-state index in [1.807, 2.05) is 18.3 Å². The lowest BCUT2D eigenvalue weighted by Crippen LogP contribution is -2.36. The van der Waals surface area contributed by atoms with E-state index in [1.165, 1.54) is 11.1 Å². The van der Waals surface area contributed by atoms with Crippen molar-refractivity contribution in [3.63, 3.8) is 0 Å². The topological polar surface area (TPSA) is 63.4 Å². The number of aromatic nitrogens is 1. The summed E-state index contributed by atoms with van der Waals surface area (Å²) in [6.07, 6.45) is 5.13. The van der Waals surface area contributed by atoms with Crippen molar-refractivity contribution in [3.8, 4) is 5.75 Å². The van der Waals surface area contributed by atoms with E-state index in [-0.39, 0.29) is 5.41 Å². The lowest BCUT2D eigenvalue weighted by molar-refractivity contribution is 0.414. The van der Waals surface area contributed by atoms with Gasteiger partial charge in [0.25, 0.3) is 0 Å². The Morgan fingerprint density at radius 3 is 2.89 bits per heavy atom. The molecule has 1 aliphatic carbocycles. The predicted octanol–water partition coefficient (Wildman–Crippen LogP) is 3.86. The van der Waals surface area contributed by atoms with E-state index in [1.54, 1.807) is 7.11 Å². The first kappa shape index (κ1) is 20.0. The summed E-state index contributed by atoms with van der Waals surface area (Å²) in [5, 5.41) is 4.40. The van der Waals surface area contributed by atoms with E-state index in [2.05, 4.69) is 38.3 Å². The number of ether oxygens (including phenoxy) is 1. The molecule has 1 aromatic carbocycles. The number of anilines is 1. The molecule has 1 spiro atoms. The van der Waals surface area contributed by atoms with Gasteiger partial charge in [-0.25, -0.2) is 4.98 Å². The first-order valence-electron chi connectivity index (χ1n) is 9.72. The number of rotatable bonds is 6. The standard InChI is InChI=1S/C21H26BrClN4O/c1-28-16-4-2-14(3-5-16)12-27-13-21(7-6-15(10-21)25-9-8-24)18-19(23)17(22)11-26-20(18)27/h2-5,11,15,25H,6-10,12-13,24H2,1H3/t15-,21-/m0/s1. The molecule has 28 heavy (non-hydrogen) atoms. The van der Waals surface area contributed by atoms with Crippen molar-refractivity contribution >= 4 is 33.3 Å². The Labute approximate surface area is 179 Å². The summed E-state index contributed by atoms with van der Waals surface area (Å²) in [5.74, 6) is 1.89. The molecule has 7 heteroatoms. The highest BCUT2D eigenvalue weighted by molar-refractivity contribution is 9.10. The molecule has 0 amide bonds. The molecule has 0 unspecified atom stereocenters. The fourth-order valence-corrected chi connectivity index (χ4v) is 5.36. The van der Waals surface area contributed by atoms with Crippen LogP contribution >= 0.6 is 27.5 Å². The van der Waals surface area contributed by atoms with Crippen LogP contribution in [0.3, 0.4) is 0 Å². The second-order valence-electron chi connectivity index (χ2n) is 7.79. The van der Waals surface area contributed by atoms with Gasteiger partial charge in [-0.1, -0.05) is 23.7 Å². The molecule has 4 rings (SSSR count). The van der Waals surface area contributed by atoms with Gasteiger partial charge in [0.1, 0.15) is 11.6 Å². The van der Waals surface area contributed by atoms with Crippen LogP contribution in [0, 0.1) is 0 Å². The molecule has 1 aliphatic heterocycles. The Balaban J connectivity index is 1.63. The maximum absolute atomic E-state index is 6.80. The van der Waals surface area contributed by atoms with Crippen LogP contribution in [-0.4, -0.2) is 37.8 Å². The van der Waals surface area contributed by atoms with Crippen LogP contribution in [-0.2, 0) is 12.0 Å². The molecule has 2 heterocycles. The minimum atomic E-state index is 0.0436. The monoisotopic (exact) mass is 464 g/mol. The van der Waals surface area contributed by atoms with Crippen molar-refractivity contribution in [2.75, 3.05) is 31.6 Å². The lowest BCUT2D eigenvalue weighted by atomic mass is 9.81. The van der Waals surface area contributed by atoms with Gasteiger partial charge < -0.3 is 20.7 Å². The van der Waals surface area contributed by atoms with E-state index in [9.17, 15) is 0 Å². The van der Waals surface area contributed by atoms with Crippen LogP contribution in [0.1, 0.15) is 30.4 Å². The molecule has 1 fully saturated rings. The van der Waals surface area contributed by atoms with E-state index in [0.29, 0.717) is 12.6 Å². The highest BCUT2D eigenvalue weighted by Crippen LogP contribution is 2.53. The van der Waals surface area contributed by atoms with Gasteiger partial charge in [-0.15, -0.1) is 0 Å². The van der Waals surface area contributed by atoms with Crippen molar-refractivity contribution in [1.29, 1.82) is 0 Å². The predicted molar refractivity (Wildman–Crippen MR) is 117 cm³/mol. The largest absolute Gasteiger partial charge is 0.497 e. The van der Waals surface area contributed by atoms with Crippen molar-refractivity contribution < 1.29 is 4.74 Å². The van der Waals surface area contributed by atoms with Gasteiger partial charge in [-0.2, -0.15) is 0 Å². The Morgan fingerprint density at radius 2 is 2.18 bits per heavy atom. The third-order valence-corrected chi connectivity index (χ3v) is 7.22. The summed E-state index contributed by atoms with van der Waals surface area (Å²) in [7, 11) is 1.69. The number of nitrogens with one attached hydrogen (secondary N) is 1. The average molecular weight is 466 g/mol. The van der Waals surface area contributed by atoms with Crippen LogP contribution in [0.25, 0.3) is 0 Å². The maximum Gasteiger partial charge on any atom is 0.134 e. The molecule has 1 saturated carbocycles. The molecular weight excluding hydrogens is 440 g/mol. The van der Waals surface area contributed by atoms with E-state index in [4.69, 9.17) is 27.1 Å². The van der Waals surface area contributed by atoms with Gasteiger partial charge in [-0.3, -0.25) is 0 Å². The van der Waals surface area contributed by atoms with Gasteiger partial charge in [0.05, 0.1) is 16.6 Å². The molecule has 3 N–H and O–H groups in total. The van der Waals surface area contributed by atoms with Crippen molar-refractivity contribution in [2.24, 2.45) is 5.73 Å². The third-order valence-electron chi connectivity index (χ3n) is 5.99. The molecule has 0 bridgehead atoms. The van der Waals surface area contributed by atoms with Crippen molar-refractivity contribution in [1.82, 2.24) is 10.3 Å². The normalized spacial score (nSPS) is 23.4. The Kier molecular flexibility index (Phi) is 5.83. The lowest BCUT2D eigenvalue weighted by Gasteiger charge is -2.26. The highest BCUT2D eigenvalue weighted by Gasteiger charge is 2.49. The number of hydrogen-bond acceptors (Lipinski definition) is 5. The van der Waals surface area contributed by atoms with Crippen LogP contribution in [0.4, 0.5) is 5.82 Å². The van der Waals surface area contributed by atoms with Crippen LogP contribution in [0.15, 0.2) is 34.9 Å². The maximum atomic E-state index is 6.80. The molecule has 0 saturated heterocycles. The molecule has 1 aromatic heterocycles. The fraction of sp³-hybridized carbons (Fsp3) is 0.476. The summed E-state index contributed by atoms with van der Waals surface area (Å²) >= 11 is 10.4. The third kappa shape index (κ3) is 3.63. The zero-order valence-corrected chi connectivity index (χ0v) is 18.4. The van der Waals surface area contributed by atoms with E-state index in [0.717, 1.165) is 60.0 Å². The van der Waals surface area contributed by atoms with Gasteiger partial charge in [-0.05, 0) is 52.9 Å². The highest BCUT2D eigenvalue weighted by atomic mass is 79.9. The second-order valence-corrected chi connectivity index (χ2v) is 9.02. The quantitative estimate of drug-likeness (QED) is 0.678. The molecule has 5 nitrogen and oxygen atoms in total. The first-order chi connectivity index (χ1) is 13.6. The number of hydrogen-bond donors (Lipinski definition) is 2. The molecule has 2 atom stereocenters. The van der Waals surface area contributed by atoms with Gasteiger partial charge >= 0.3 is 0 Å². The van der Waals surface area contributed by atoms with Crippen LogP contribution < -0.4 is 20.7 Å². The number of methoxy groups -OCH3 is 1. The van der Waals surface area contributed by atoms with Gasteiger partial charge in [0.2, 0.25) is 0 Å². The Morgan fingerprint density at radius 1 is 1.39 bits per heavy atom.